The summed E-state index contributed by atoms with van der Waals surface area (Å²) in [5.41, 5.74) is 3.04. The van der Waals surface area contributed by atoms with Crippen LogP contribution in [0.3, 0.4) is 0 Å². The largest absolute Gasteiger partial charge is 0.472 e. The van der Waals surface area contributed by atoms with Gasteiger partial charge in [0.1, 0.15) is 6.61 Å². The molecule has 1 aliphatic carbocycles. The van der Waals surface area contributed by atoms with Gasteiger partial charge in [0.2, 0.25) is 0 Å². The molecule has 24 heteroatoms. The van der Waals surface area contributed by atoms with E-state index in [4.69, 9.17) is 42.2 Å². The molecule has 23 nitrogen and oxygen atoms in total. The van der Waals surface area contributed by atoms with Crippen molar-refractivity contribution in [2.45, 2.75) is 327 Å². The summed E-state index contributed by atoms with van der Waals surface area (Å²) in [7, 11) is -5.85. The van der Waals surface area contributed by atoms with E-state index in [1.54, 1.807) is 186 Å². The Bertz CT molecular complexity index is 3400. The number of nitrogens with one attached hydrogen (secondary N) is 5. The molecule has 6 N–H and O–H groups in total. The Morgan fingerprint density at radius 3 is 0.781 bits per heavy atom. The summed E-state index contributed by atoms with van der Waals surface area (Å²) in [6.45, 7) is 11.2. The van der Waals surface area contributed by atoms with Gasteiger partial charge in [-0.2, -0.15) is 0 Å². The molecule has 13 atom stereocenters. The highest BCUT2D eigenvalue weighted by molar-refractivity contribution is 7.47. The number of carbonyl (C=O) groups excluding carboxylic acids is 7. The Labute approximate surface area is 678 Å². The monoisotopic (exact) mass is 1600 g/mol. The molecule has 0 radical (unpaired) electrons. The van der Waals surface area contributed by atoms with Gasteiger partial charge in [0.25, 0.3) is 0 Å². The number of hydrogen-bond donors (Lipinski definition) is 6. The zero-order valence-corrected chi connectivity index (χ0v) is 69.6. The first kappa shape index (κ1) is 94.4. The van der Waals surface area contributed by atoms with Gasteiger partial charge in [0.15, 0.2) is 42.7 Å². The highest BCUT2D eigenvalue weighted by atomic mass is 31.2. The van der Waals surface area contributed by atoms with Crippen LogP contribution >= 0.6 is 7.82 Å². The van der Waals surface area contributed by atoms with Crippen molar-refractivity contribution in [2.75, 3.05) is 13.2 Å². The lowest BCUT2D eigenvalue weighted by Gasteiger charge is -2.47. The SMILES string of the molecule is CCCCCCCCCCCCCCCCCC(=O)OC[C@H](COP(=O)(O)OC1[C@@H](OC(=O)N[C@H](C)c2ccccc2)[C@H](OC(=O)N[C@H](C)c2ccccc2)C(OC(=O)N[C@H](C)c2ccccc2)[C@H](OC(=O)N[C@H](C)c2ccccc2)[C@H]1OC(=O)N[C@H](C)c1ccccc1)OC(=O)CCCCCCCCCCCCCCCCC. The molecule has 0 spiro atoms. The van der Waals surface area contributed by atoms with E-state index >= 15 is 4.57 Å². The summed E-state index contributed by atoms with van der Waals surface area (Å²) >= 11 is 0. The minimum Gasteiger partial charge on any atom is -0.462 e. The third-order valence-electron chi connectivity index (χ3n) is 20.7. The second-order valence-electron chi connectivity index (χ2n) is 30.3. The topological polar surface area (TPSA) is 300 Å². The number of rotatable bonds is 55. The summed E-state index contributed by atoms with van der Waals surface area (Å²) in [5, 5.41) is 13.7. The highest BCUT2D eigenvalue weighted by Crippen LogP contribution is 2.49. The van der Waals surface area contributed by atoms with Crippen LogP contribution in [0, 0.1) is 0 Å². The van der Waals surface area contributed by atoms with Crippen molar-refractivity contribution in [3.8, 4) is 0 Å². The molecule has 3 unspecified atom stereocenters. The molecule has 6 rings (SSSR count). The van der Waals surface area contributed by atoms with Gasteiger partial charge >= 0.3 is 50.2 Å². The van der Waals surface area contributed by atoms with Gasteiger partial charge in [-0.1, -0.05) is 345 Å². The van der Waals surface area contributed by atoms with Gasteiger partial charge in [-0.05, 0) is 75.3 Å². The first-order chi connectivity index (χ1) is 55.2. The zero-order valence-electron chi connectivity index (χ0n) is 68.7. The average molecular weight is 1600 g/mol. The number of phosphoric ester groups is 1. The van der Waals surface area contributed by atoms with Crippen LogP contribution in [0.2, 0.25) is 0 Å². The Morgan fingerprint density at radius 1 is 0.316 bits per heavy atom. The fourth-order valence-corrected chi connectivity index (χ4v) is 14.9. The Balaban J connectivity index is 1.35. The summed E-state index contributed by atoms with van der Waals surface area (Å²) in [5.74, 6) is -1.29. The van der Waals surface area contributed by atoms with Crippen LogP contribution in [0.5, 0.6) is 0 Å². The maximum atomic E-state index is 15.4. The lowest BCUT2D eigenvalue weighted by Crippen LogP contribution is -2.70. The van der Waals surface area contributed by atoms with E-state index in [0.717, 1.165) is 57.8 Å². The minimum absolute atomic E-state index is 0.0320. The molecule has 630 valence electrons. The first-order valence-corrected chi connectivity index (χ1v) is 43.8. The van der Waals surface area contributed by atoms with Crippen molar-refractivity contribution in [2.24, 2.45) is 0 Å². The Hall–Kier alpha value is -8.50. The van der Waals surface area contributed by atoms with Crippen LogP contribution in [-0.4, -0.2) is 103 Å². The van der Waals surface area contributed by atoms with Gasteiger partial charge in [-0.15, -0.1) is 0 Å². The summed E-state index contributed by atoms with van der Waals surface area (Å²) in [6, 6.07) is 39.8. The van der Waals surface area contributed by atoms with E-state index in [9.17, 15) is 38.5 Å². The number of unbranched alkanes of at least 4 members (excludes halogenated alkanes) is 28. The third kappa shape index (κ3) is 37.8. The van der Waals surface area contributed by atoms with Crippen LogP contribution in [0.25, 0.3) is 0 Å². The standard InChI is InChI=1S/C90H132N5O18P/c1-8-10-12-14-16-18-20-22-24-26-28-30-32-34-51-63-78(96)105-65-77(107-79(97)64-52-35-33-31-29-27-25-23-21-19-17-15-13-11-9-2)66-106-114(103,104)113-85-83(111-89(101)94-70(6)75-59-47-39-48-60-75)81(109-87(99)92-68(4)73-55-43-37-44-56-73)80(108-86(98)91-67(3)72-53-41-36-42-54-72)82(110-88(100)93-69(5)74-57-45-38-46-58-74)84(85)112-90(102)95-71(7)76-61-49-40-50-62-76/h36-50,53-62,67-71,77,80-85H,8-35,51-52,63-66H2,1-7H3,(H,91,98)(H,92,99)(H,93,100)(H,94,101)(H,95,102)(H,103,104)/t67-,68-,69-,70-,71-,77-,80?,81-,82+,83+,84-,85?/m1/s1. The predicted molar refractivity (Wildman–Crippen MR) is 442 cm³/mol. The molecule has 5 aromatic rings. The zero-order chi connectivity index (χ0) is 82.0. The Kier molecular flexibility index (Phi) is 45.6. The molecule has 114 heavy (non-hydrogen) atoms. The van der Waals surface area contributed by atoms with Crippen molar-refractivity contribution in [3.05, 3.63) is 179 Å². The molecule has 1 fully saturated rings. The maximum absolute atomic E-state index is 15.4. The second kappa shape index (κ2) is 55.1. The molecular formula is C90H132N5O18P. The van der Waals surface area contributed by atoms with Crippen LogP contribution < -0.4 is 26.6 Å². The van der Waals surface area contributed by atoms with Crippen molar-refractivity contribution in [3.63, 3.8) is 0 Å². The molecule has 0 aliphatic heterocycles. The lowest BCUT2D eigenvalue weighted by atomic mass is 9.84. The number of esters is 2. The molecule has 5 amide bonds. The number of phosphoric acid groups is 1. The fraction of sp³-hybridized carbons (Fsp3) is 0.589. The number of benzene rings is 5. The van der Waals surface area contributed by atoms with E-state index in [0.29, 0.717) is 40.7 Å². The van der Waals surface area contributed by atoms with Gasteiger partial charge in [-0.25, -0.2) is 28.5 Å². The fourth-order valence-electron chi connectivity index (χ4n) is 14.0. The van der Waals surface area contributed by atoms with Crippen molar-refractivity contribution in [1.82, 2.24) is 26.6 Å². The van der Waals surface area contributed by atoms with Crippen molar-refractivity contribution >= 4 is 50.2 Å². The number of amides is 5. The van der Waals surface area contributed by atoms with Gasteiger partial charge in [0.05, 0.1) is 36.8 Å². The molecular weight excluding hydrogens is 1470 g/mol. The third-order valence-corrected chi connectivity index (χ3v) is 21.7. The smallest absolute Gasteiger partial charge is 0.462 e. The molecule has 5 aromatic carbocycles. The first-order valence-electron chi connectivity index (χ1n) is 42.3. The van der Waals surface area contributed by atoms with Crippen LogP contribution in [0.1, 0.15) is 312 Å². The quantitative estimate of drug-likeness (QED) is 0.00912. The summed E-state index contributed by atoms with van der Waals surface area (Å²) in [6.07, 6.45) is 12.4. The van der Waals surface area contributed by atoms with Gasteiger partial charge < -0.3 is 64.6 Å². The normalized spacial score (nSPS) is 18.0. The van der Waals surface area contributed by atoms with E-state index < -0.39 is 136 Å². The molecule has 1 aliphatic rings. The Morgan fingerprint density at radius 2 is 0.535 bits per heavy atom. The van der Waals surface area contributed by atoms with E-state index in [-0.39, 0.29) is 12.8 Å². The number of ether oxygens (including phenoxy) is 7. The second-order valence-corrected chi connectivity index (χ2v) is 31.7. The van der Waals surface area contributed by atoms with Crippen LogP contribution in [0.15, 0.2) is 152 Å². The van der Waals surface area contributed by atoms with Crippen LogP contribution in [-0.2, 0) is 56.4 Å². The molecule has 0 saturated heterocycles. The number of hydrogen-bond acceptors (Lipinski definition) is 17. The predicted octanol–water partition coefficient (Wildman–Crippen LogP) is 21.8. The van der Waals surface area contributed by atoms with E-state index in [2.05, 4.69) is 40.4 Å². The molecule has 0 bridgehead atoms. The van der Waals surface area contributed by atoms with Crippen molar-refractivity contribution < 1.29 is 85.2 Å². The number of alkyl carbamates (subject to hydrolysis) is 5. The number of carbonyl (C=O) groups is 7. The lowest BCUT2D eigenvalue weighted by molar-refractivity contribution is -0.218. The van der Waals surface area contributed by atoms with Crippen molar-refractivity contribution in [1.29, 1.82) is 0 Å². The summed E-state index contributed by atoms with van der Waals surface area (Å²) in [4.78, 5) is 114. The van der Waals surface area contributed by atoms with Crippen LogP contribution in [0.4, 0.5) is 24.0 Å². The van der Waals surface area contributed by atoms with Gasteiger partial charge in [0, 0.05) is 12.8 Å². The maximum Gasteiger partial charge on any atom is 0.472 e. The molecule has 0 aromatic heterocycles. The van der Waals surface area contributed by atoms with Gasteiger partial charge in [-0.3, -0.25) is 18.6 Å². The highest BCUT2D eigenvalue weighted by Gasteiger charge is 2.62. The summed E-state index contributed by atoms with van der Waals surface area (Å²) < 4.78 is 70.6. The van der Waals surface area contributed by atoms with E-state index in [1.165, 1.54) is 122 Å². The van der Waals surface area contributed by atoms with E-state index in [1.807, 2.05) is 0 Å². The molecule has 1 saturated carbocycles. The molecule has 0 heterocycles. The average Bonchev–Trinajstić information content (AvgIpc) is 0.751. The minimum atomic E-state index is -5.85.